The second kappa shape index (κ2) is 7.77. The van der Waals surface area contributed by atoms with Gasteiger partial charge in [0.05, 0.1) is 21.4 Å². The van der Waals surface area contributed by atoms with Gasteiger partial charge in [-0.3, -0.25) is 4.79 Å². The third-order valence-electron chi connectivity index (χ3n) is 4.80. The minimum atomic E-state index is -0.267. The summed E-state index contributed by atoms with van der Waals surface area (Å²) in [4.78, 5) is 14.9. The molecule has 0 bridgehead atoms. The van der Waals surface area contributed by atoms with Crippen molar-refractivity contribution in [1.82, 2.24) is 0 Å². The van der Waals surface area contributed by atoms with E-state index in [0.717, 1.165) is 24.3 Å². The number of halogens is 2. The minimum Gasteiger partial charge on any atom is -0.397 e. The van der Waals surface area contributed by atoms with Gasteiger partial charge in [-0.25, -0.2) is 0 Å². The summed E-state index contributed by atoms with van der Waals surface area (Å²) in [5, 5.41) is 3.66. The van der Waals surface area contributed by atoms with Gasteiger partial charge in [-0.1, -0.05) is 30.1 Å². The van der Waals surface area contributed by atoms with Crippen molar-refractivity contribution in [3.05, 3.63) is 51.5 Å². The molecule has 1 atom stereocenters. The normalized spacial score (nSPS) is 17.2. The summed E-state index contributed by atoms with van der Waals surface area (Å²) in [5.41, 5.74) is 9.98. The molecule has 1 amide bonds. The average Bonchev–Trinajstić information content (AvgIpc) is 2.59. The summed E-state index contributed by atoms with van der Waals surface area (Å²) in [7, 11) is 0. The van der Waals surface area contributed by atoms with E-state index in [9.17, 15) is 4.79 Å². The molecule has 1 saturated heterocycles. The first-order valence-electron chi connectivity index (χ1n) is 8.76. The van der Waals surface area contributed by atoms with Gasteiger partial charge in [0, 0.05) is 24.3 Å². The number of nitrogens with two attached hydrogens (primary N) is 1. The van der Waals surface area contributed by atoms with Crippen molar-refractivity contribution in [2.75, 3.05) is 29.0 Å². The van der Waals surface area contributed by atoms with Gasteiger partial charge in [0.15, 0.2) is 0 Å². The number of carbonyl (C=O) groups excluding carboxylic acids is 1. The van der Waals surface area contributed by atoms with Crippen LogP contribution in [0.4, 0.5) is 17.1 Å². The van der Waals surface area contributed by atoms with Gasteiger partial charge >= 0.3 is 0 Å². The summed E-state index contributed by atoms with van der Waals surface area (Å²) in [6.07, 6.45) is 2.43. The van der Waals surface area contributed by atoms with Crippen LogP contribution < -0.4 is 16.0 Å². The number of nitrogens with zero attached hydrogens (tertiary/aromatic N) is 1. The number of anilines is 3. The molecule has 0 saturated carbocycles. The van der Waals surface area contributed by atoms with Crippen molar-refractivity contribution in [3.63, 3.8) is 0 Å². The number of carbonyl (C=O) groups is 1. The molecule has 1 heterocycles. The van der Waals surface area contributed by atoms with E-state index in [2.05, 4.69) is 24.1 Å². The highest BCUT2D eigenvalue weighted by Gasteiger charge is 2.20. The lowest BCUT2D eigenvalue weighted by Crippen LogP contribution is -2.34. The Hall–Kier alpha value is -1.91. The third kappa shape index (κ3) is 4.08. The predicted molar refractivity (Wildman–Crippen MR) is 111 cm³/mol. The first-order chi connectivity index (χ1) is 12.3. The molecule has 1 fully saturated rings. The van der Waals surface area contributed by atoms with Crippen molar-refractivity contribution in [2.24, 2.45) is 5.92 Å². The summed E-state index contributed by atoms with van der Waals surface area (Å²) in [6.45, 7) is 6.36. The summed E-state index contributed by atoms with van der Waals surface area (Å²) >= 11 is 11.9. The fourth-order valence-corrected chi connectivity index (χ4v) is 3.71. The largest absolute Gasteiger partial charge is 0.397 e. The number of nitrogens with one attached hydrogen (secondary N) is 1. The van der Waals surface area contributed by atoms with Gasteiger partial charge in [0.1, 0.15) is 0 Å². The maximum atomic E-state index is 12.6. The Morgan fingerprint density at radius 3 is 2.69 bits per heavy atom. The first-order valence-corrected chi connectivity index (χ1v) is 9.52. The van der Waals surface area contributed by atoms with E-state index >= 15 is 0 Å². The second-order valence-electron chi connectivity index (χ2n) is 7.00. The lowest BCUT2D eigenvalue weighted by atomic mass is 9.98. The van der Waals surface area contributed by atoms with Crippen molar-refractivity contribution in [1.29, 1.82) is 0 Å². The molecule has 3 rings (SSSR count). The van der Waals surface area contributed by atoms with Crippen LogP contribution >= 0.6 is 23.2 Å². The molecule has 138 valence electrons. The highest BCUT2D eigenvalue weighted by molar-refractivity contribution is 6.42. The highest BCUT2D eigenvalue weighted by Crippen LogP contribution is 2.33. The van der Waals surface area contributed by atoms with Crippen LogP contribution in [0.3, 0.4) is 0 Å². The molecule has 0 aliphatic carbocycles. The molecule has 1 unspecified atom stereocenters. The van der Waals surface area contributed by atoms with Crippen molar-refractivity contribution >= 4 is 46.2 Å². The van der Waals surface area contributed by atoms with Crippen molar-refractivity contribution in [3.8, 4) is 0 Å². The van der Waals surface area contributed by atoms with Crippen LogP contribution in [0.15, 0.2) is 30.3 Å². The van der Waals surface area contributed by atoms with Gasteiger partial charge in [0.25, 0.3) is 5.91 Å². The van der Waals surface area contributed by atoms with Gasteiger partial charge in [-0.2, -0.15) is 0 Å². The van der Waals surface area contributed by atoms with Crippen LogP contribution in [0.25, 0.3) is 0 Å². The number of nitrogen functional groups attached to an aromatic ring is 1. The van der Waals surface area contributed by atoms with E-state index in [-0.39, 0.29) is 5.91 Å². The zero-order chi connectivity index (χ0) is 18.8. The lowest BCUT2D eigenvalue weighted by molar-refractivity contribution is 0.102. The minimum absolute atomic E-state index is 0.267. The number of hydrogen-bond donors (Lipinski definition) is 2. The third-order valence-corrected chi connectivity index (χ3v) is 5.53. The van der Waals surface area contributed by atoms with E-state index in [0.29, 0.717) is 32.9 Å². The standard InChI is InChI=1S/C20H23Cl2N3O/c1-12-4-3-7-25(11-12)19-10-18(17(23)8-13(19)2)24-20(26)14-5-6-15(21)16(22)9-14/h5-6,8-10,12H,3-4,7,11,23H2,1-2H3,(H,24,26). The fourth-order valence-electron chi connectivity index (χ4n) is 3.41. The molecule has 3 N–H and O–H groups in total. The molecule has 26 heavy (non-hydrogen) atoms. The second-order valence-corrected chi connectivity index (χ2v) is 7.82. The molecule has 1 aliphatic heterocycles. The molecule has 2 aromatic rings. The number of hydrogen-bond acceptors (Lipinski definition) is 3. The smallest absolute Gasteiger partial charge is 0.255 e. The van der Waals surface area contributed by atoms with Crippen LogP contribution in [-0.4, -0.2) is 19.0 Å². The number of amides is 1. The van der Waals surface area contributed by atoms with Crippen LogP contribution in [0.5, 0.6) is 0 Å². The molecule has 0 radical (unpaired) electrons. The number of benzene rings is 2. The lowest BCUT2D eigenvalue weighted by Gasteiger charge is -2.34. The van der Waals surface area contributed by atoms with Gasteiger partial charge in [-0.15, -0.1) is 0 Å². The Bertz CT molecular complexity index is 838. The Morgan fingerprint density at radius 2 is 2.00 bits per heavy atom. The average molecular weight is 392 g/mol. The molecular weight excluding hydrogens is 369 g/mol. The molecule has 0 spiro atoms. The van der Waals surface area contributed by atoms with Crippen LogP contribution in [-0.2, 0) is 0 Å². The highest BCUT2D eigenvalue weighted by atomic mass is 35.5. The molecule has 2 aromatic carbocycles. The zero-order valence-corrected chi connectivity index (χ0v) is 16.5. The van der Waals surface area contributed by atoms with Crippen molar-refractivity contribution in [2.45, 2.75) is 26.7 Å². The summed E-state index contributed by atoms with van der Waals surface area (Å²) in [6, 6.07) is 8.69. The number of piperidine rings is 1. The fraction of sp³-hybridized carbons (Fsp3) is 0.350. The topological polar surface area (TPSA) is 58.4 Å². The van der Waals surface area contributed by atoms with Gasteiger partial charge in [-0.05, 0) is 61.6 Å². The Balaban J connectivity index is 1.86. The maximum absolute atomic E-state index is 12.6. The van der Waals surface area contributed by atoms with E-state index in [1.807, 2.05) is 12.1 Å². The predicted octanol–water partition coefficient (Wildman–Crippen LogP) is 5.37. The van der Waals surface area contributed by atoms with E-state index in [4.69, 9.17) is 28.9 Å². The molecule has 0 aromatic heterocycles. The SMILES string of the molecule is Cc1cc(N)c(NC(=O)c2ccc(Cl)c(Cl)c2)cc1N1CCCC(C)C1. The zero-order valence-electron chi connectivity index (χ0n) is 15.0. The van der Waals surface area contributed by atoms with E-state index < -0.39 is 0 Å². The van der Waals surface area contributed by atoms with Crippen LogP contribution in [0.2, 0.25) is 10.0 Å². The summed E-state index contributed by atoms with van der Waals surface area (Å²) < 4.78 is 0. The van der Waals surface area contributed by atoms with Gasteiger partial charge < -0.3 is 16.0 Å². The Morgan fingerprint density at radius 1 is 1.23 bits per heavy atom. The number of rotatable bonds is 3. The maximum Gasteiger partial charge on any atom is 0.255 e. The molecule has 6 heteroatoms. The van der Waals surface area contributed by atoms with E-state index in [1.165, 1.54) is 12.8 Å². The first kappa shape index (κ1) is 18.9. The van der Waals surface area contributed by atoms with Gasteiger partial charge in [0.2, 0.25) is 0 Å². The Labute approximate surface area is 164 Å². The molecule has 4 nitrogen and oxygen atoms in total. The quantitative estimate of drug-likeness (QED) is 0.691. The van der Waals surface area contributed by atoms with Crippen LogP contribution in [0.1, 0.15) is 35.7 Å². The Kier molecular flexibility index (Phi) is 5.64. The van der Waals surface area contributed by atoms with Crippen LogP contribution in [0, 0.1) is 12.8 Å². The summed E-state index contributed by atoms with van der Waals surface area (Å²) in [5.74, 6) is 0.395. The molecular formula is C20H23Cl2N3O. The molecule has 1 aliphatic rings. The number of aryl methyl sites for hydroxylation is 1. The van der Waals surface area contributed by atoms with E-state index in [1.54, 1.807) is 18.2 Å². The van der Waals surface area contributed by atoms with Crippen molar-refractivity contribution < 1.29 is 4.79 Å². The monoisotopic (exact) mass is 391 g/mol.